The van der Waals surface area contributed by atoms with Gasteiger partial charge in [-0.1, -0.05) is 17.7 Å². The number of allylic oxidation sites excluding steroid dienone is 1. The number of fused-ring (bicyclic) bond motifs is 3. The third-order valence-electron chi connectivity index (χ3n) is 2.57. The molecule has 3 nitrogen and oxygen atoms in total. The van der Waals surface area contributed by atoms with Gasteiger partial charge < -0.3 is 4.74 Å². The van der Waals surface area contributed by atoms with Gasteiger partial charge in [0.05, 0.1) is 12.0 Å². The van der Waals surface area contributed by atoms with Crippen LogP contribution in [-0.2, 0) is 11.2 Å². The number of benzene rings is 1. The zero-order chi connectivity index (χ0) is 10.3. The molecule has 1 aromatic rings. The molecule has 0 saturated heterocycles. The molecule has 1 aromatic carbocycles. The van der Waals surface area contributed by atoms with Crippen LogP contribution >= 0.6 is 11.6 Å². The Bertz CT molecular complexity index is 479. The Morgan fingerprint density at radius 3 is 3.27 bits per heavy atom. The largest absolute Gasteiger partial charge is 0.479 e. The average molecular weight is 221 g/mol. The van der Waals surface area contributed by atoms with Gasteiger partial charge in [-0.3, -0.25) is 5.43 Å². The van der Waals surface area contributed by atoms with Crippen molar-refractivity contribution in [2.45, 2.75) is 6.42 Å². The molecule has 2 aliphatic rings. The number of hydrogen-bond acceptors (Lipinski definition) is 3. The minimum Gasteiger partial charge on any atom is -0.479 e. The van der Waals surface area contributed by atoms with E-state index in [1.807, 2.05) is 18.2 Å². The molecule has 4 heteroatoms. The highest BCUT2D eigenvalue weighted by Crippen LogP contribution is 2.29. The summed E-state index contributed by atoms with van der Waals surface area (Å²) in [6.45, 7) is 0.427. The van der Waals surface area contributed by atoms with E-state index in [-0.39, 0.29) is 0 Å². The van der Waals surface area contributed by atoms with Gasteiger partial charge in [0.25, 0.3) is 0 Å². The number of rotatable bonds is 0. The minimum absolute atomic E-state index is 0.427. The van der Waals surface area contributed by atoms with Crippen molar-refractivity contribution in [1.29, 1.82) is 0 Å². The van der Waals surface area contributed by atoms with Crippen LogP contribution < -0.4 is 5.43 Å². The summed E-state index contributed by atoms with van der Waals surface area (Å²) in [5.41, 5.74) is 7.29. The number of hydrogen-bond donors (Lipinski definition) is 1. The molecule has 1 aliphatic carbocycles. The highest BCUT2D eigenvalue weighted by molar-refractivity contribution is 6.31. The quantitative estimate of drug-likeness (QED) is 0.726. The highest BCUT2D eigenvalue weighted by Gasteiger charge is 2.24. The lowest BCUT2D eigenvalue weighted by Gasteiger charge is -2.00. The van der Waals surface area contributed by atoms with Crippen molar-refractivity contribution < 1.29 is 4.74 Å². The molecule has 3 rings (SSSR count). The van der Waals surface area contributed by atoms with E-state index in [0.717, 1.165) is 28.3 Å². The smallest absolute Gasteiger partial charge is 0.172 e. The second-order valence-electron chi connectivity index (χ2n) is 3.55. The molecule has 0 spiro atoms. The zero-order valence-electron chi connectivity index (χ0n) is 7.96. The summed E-state index contributed by atoms with van der Waals surface area (Å²) in [5, 5.41) is 5.05. The monoisotopic (exact) mass is 220 g/mol. The molecular formula is C11H9ClN2O. The molecule has 0 bridgehead atoms. The first-order valence-electron chi connectivity index (χ1n) is 4.75. The number of nitrogens with one attached hydrogen (secondary N) is 1. The van der Waals surface area contributed by atoms with E-state index in [1.54, 1.807) is 6.26 Å². The van der Waals surface area contributed by atoms with Gasteiger partial charge in [0.1, 0.15) is 0 Å². The fourth-order valence-corrected chi connectivity index (χ4v) is 2.12. The lowest BCUT2D eigenvalue weighted by Crippen LogP contribution is -2.09. The van der Waals surface area contributed by atoms with E-state index >= 15 is 0 Å². The lowest BCUT2D eigenvalue weighted by atomic mass is 10.1. The van der Waals surface area contributed by atoms with Gasteiger partial charge in [-0.15, -0.1) is 0 Å². The van der Waals surface area contributed by atoms with Gasteiger partial charge in [-0.25, -0.2) is 0 Å². The molecule has 0 saturated carbocycles. The van der Waals surface area contributed by atoms with Crippen molar-refractivity contribution >= 4 is 17.3 Å². The molecule has 1 N–H and O–H groups in total. The molecule has 15 heavy (non-hydrogen) atoms. The van der Waals surface area contributed by atoms with E-state index < -0.39 is 0 Å². The maximum Gasteiger partial charge on any atom is 0.172 e. The molecular weight excluding hydrogens is 212 g/mol. The van der Waals surface area contributed by atoms with E-state index in [2.05, 4.69) is 10.5 Å². The zero-order valence-corrected chi connectivity index (χ0v) is 8.71. The Morgan fingerprint density at radius 1 is 1.40 bits per heavy atom. The first-order chi connectivity index (χ1) is 7.34. The van der Waals surface area contributed by atoms with E-state index in [9.17, 15) is 0 Å². The van der Waals surface area contributed by atoms with Crippen molar-refractivity contribution in [3.8, 4) is 0 Å². The Morgan fingerprint density at radius 2 is 2.33 bits per heavy atom. The summed E-state index contributed by atoms with van der Waals surface area (Å²) in [6, 6.07) is 5.87. The van der Waals surface area contributed by atoms with Gasteiger partial charge in [-0.05, 0) is 17.7 Å². The fraction of sp³-hybridized carbons (Fsp3) is 0.182. The van der Waals surface area contributed by atoms with Crippen LogP contribution in [0.4, 0.5) is 0 Å². The number of halogens is 1. The molecule has 0 fully saturated rings. The van der Waals surface area contributed by atoms with Crippen LogP contribution in [0.15, 0.2) is 35.1 Å². The first kappa shape index (κ1) is 8.80. The summed E-state index contributed by atoms with van der Waals surface area (Å²) in [7, 11) is 0. The Hall–Kier alpha value is -1.48. The van der Waals surface area contributed by atoms with Crippen LogP contribution in [0.2, 0.25) is 5.02 Å². The van der Waals surface area contributed by atoms with Crippen LogP contribution in [-0.4, -0.2) is 12.4 Å². The minimum atomic E-state index is 0.427. The number of hydrazone groups is 1. The summed E-state index contributed by atoms with van der Waals surface area (Å²) < 4.78 is 5.25. The van der Waals surface area contributed by atoms with Gasteiger partial charge in [-0.2, -0.15) is 5.10 Å². The lowest BCUT2D eigenvalue weighted by molar-refractivity contribution is 0.225. The molecule has 1 heterocycles. The van der Waals surface area contributed by atoms with E-state index in [4.69, 9.17) is 16.3 Å². The summed E-state index contributed by atoms with van der Waals surface area (Å²) >= 11 is 5.95. The molecule has 0 unspecified atom stereocenters. The van der Waals surface area contributed by atoms with Crippen LogP contribution in [0.3, 0.4) is 0 Å². The predicted molar refractivity (Wildman–Crippen MR) is 58.9 cm³/mol. The Labute approximate surface area is 92.4 Å². The standard InChI is InChI=1S/C11H9ClN2O/c12-9-1-2-10-7(4-9)3-8-5-15-6-13-14-11(8)10/h1-2,4-5,13H,3,6H2. The second-order valence-corrected chi connectivity index (χ2v) is 3.99. The molecule has 0 amide bonds. The second kappa shape index (κ2) is 3.28. The number of nitrogens with zero attached hydrogens (tertiary/aromatic N) is 1. The predicted octanol–water partition coefficient (Wildman–Crippen LogP) is 2.06. The highest BCUT2D eigenvalue weighted by atomic mass is 35.5. The summed E-state index contributed by atoms with van der Waals surface area (Å²) in [6.07, 6.45) is 2.61. The van der Waals surface area contributed by atoms with Crippen molar-refractivity contribution in [2.24, 2.45) is 5.10 Å². The van der Waals surface area contributed by atoms with E-state index in [1.165, 1.54) is 5.56 Å². The van der Waals surface area contributed by atoms with Crippen molar-refractivity contribution in [2.75, 3.05) is 6.73 Å². The van der Waals surface area contributed by atoms with Gasteiger partial charge in [0, 0.05) is 22.6 Å². The van der Waals surface area contributed by atoms with Crippen molar-refractivity contribution in [3.63, 3.8) is 0 Å². The SMILES string of the molecule is Clc1ccc2c(c1)CC1=COCNN=C12. The fourth-order valence-electron chi connectivity index (χ4n) is 1.92. The molecule has 76 valence electrons. The van der Waals surface area contributed by atoms with Crippen molar-refractivity contribution in [1.82, 2.24) is 5.43 Å². The normalized spacial score (nSPS) is 17.7. The molecule has 1 aliphatic heterocycles. The van der Waals surface area contributed by atoms with Crippen LogP contribution in [0.25, 0.3) is 0 Å². The van der Waals surface area contributed by atoms with Gasteiger partial charge >= 0.3 is 0 Å². The topological polar surface area (TPSA) is 33.6 Å². The third kappa shape index (κ3) is 1.39. The van der Waals surface area contributed by atoms with Crippen molar-refractivity contribution in [3.05, 3.63) is 46.2 Å². The molecule has 0 aromatic heterocycles. The van der Waals surface area contributed by atoms with Crippen LogP contribution in [0.1, 0.15) is 11.1 Å². The van der Waals surface area contributed by atoms with Gasteiger partial charge in [0.2, 0.25) is 0 Å². The van der Waals surface area contributed by atoms with Gasteiger partial charge in [0.15, 0.2) is 6.73 Å². The Kier molecular flexibility index (Phi) is 1.92. The summed E-state index contributed by atoms with van der Waals surface area (Å²) in [4.78, 5) is 0. The maximum atomic E-state index is 5.95. The van der Waals surface area contributed by atoms with E-state index in [0.29, 0.717) is 6.73 Å². The summed E-state index contributed by atoms with van der Waals surface area (Å²) in [5.74, 6) is 0. The van der Waals surface area contributed by atoms with Crippen LogP contribution in [0.5, 0.6) is 0 Å². The molecule has 0 radical (unpaired) electrons. The Balaban J connectivity index is 2.15. The molecule has 0 atom stereocenters. The number of ether oxygens (including phenoxy) is 1. The maximum absolute atomic E-state index is 5.95. The third-order valence-corrected chi connectivity index (χ3v) is 2.81. The average Bonchev–Trinajstić information content (AvgIpc) is 2.42. The van der Waals surface area contributed by atoms with Crippen LogP contribution in [0, 0.1) is 0 Å². The first-order valence-corrected chi connectivity index (χ1v) is 5.13.